The monoisotopic (exact) mass is 317 g/mol. The summed E-state index contributed by atoms with van der Waals surface area (Å²) in [7, 11) is 0. The van der Waals surface area contributed by atoms with Crippen molar-refractivity contribution in [3.63, 3.8) is 0 Å². The molecule has 1 atom stereocenters. The smallest absolute Gasteiger partial charge is 0.254 e. The van der Waals surface area contributed by atoms with E-state index in [1.807, 2.05) is 6.92 Å². The van der Waals surface area contributed by atoms with E-state index in [9.17, 15) is 9.18 Å². The average molecular weight is 317 g/mol. The van der Waals surface area contributed by atoms with Gasteiger partial charge < -0.3 is 10.1 Å². The summed E-state index contributed by atoms with van der Waals surface area (Å²) < 4.78 is 20.1. The molecule has 122 valence electrons. The van der Waals surface area contributed by atoms with E-state index in [0.29, 0.717) is 31.1 Å². The Morgan fingerprint density at radius 2 is 2.22 bits per heavy atom. The van der Waals surface area contributed by atoms with Crippen molar-refractivity contribution in [3.8, 4) is 5.69 Å². The minimum Gasteiger partial charge on any atom is -0.381 e. The minimum atomic E-state index is -0.296. The number of amides is 1. The molecule has 0 spiro atoms. The van der Waals surface area contributed by atoms with Crippen molar-refractivity contribution in [2.24, 2.45) is 5.92 Å². The van der Waals surface area contributed by atoms with Gasteiger partial charge in [-0.05, 0) is 37.1 Å². The highest BCUT2D eigenvalue weighted by molar-refractivity contribution is 5.95. The van der Waals surface area contributed by atoms with Gasteiger partial charge in [0.15, 0.2) is 0 Å². The standard InChI is InChI=1S/C17H20FN3O2/c1-2-16-15(17(22)19-9-12-7-8-23-11-12)10-20-21(16)14-5-3-13(18)4-6-14/h3-6,10,12H,2,7-9,11H2,1H3,(H,19,22). The third-order valence-electron chi connectivity index (χ3n) is 4.09. The third kappa shape index (κ3) is 3.42. The number of nitrogens with zero attached hydrogens (tertiary/aromatic N) is 2. The molecule has 1 aliphatic heterocycles. The number of carbonyl (C=O) groups excluding carboxylic acids is 1. The molecule has 1 amide bonds. The summed E-state index contributed by atoms with van der Waals surface area (Å²) in [5.74, 6) is -0.0333. The van der Waals surface area contributed by atoms with Crippen LogP contribution in [0.25, 0.3) is 5.69 Å². The van der Waals surface area contributed by atoms with Crippen LogP contribution in [-0.2, 0) is 11.2 Å². The Morgan fingerprint density at radius 1 is 1.43 bits per heavy atom. The molecule has 0 saturated carbocycles. The van der Waals surface area contributed by atoms with Gasteiger partial charge in [0, 0.05) is 19.1 Å². The third-order valence-corrected chi connectivity index (χ3v) is 4.09. The Bertz CT molecular complexity index is 676. The lowest BCUT2D eigenvalue weighted by atomic mass is 10.1. The number of hydrogen-bond acceptors (Lipinski definition) is 3. The van der Waals surface area contributed by atoms with Crippen LogP contribution in [0, 0.1) is 11.7 Å². The first-order valence-corrected chi connectivity index (χ1v) is 7.87. The molecule has 2 heterocycles. The van der Waals surface area contributed by atoms with Gasteiger partial charge in [-0.1, -0.05) is 6.92 Å². The van der Waals surface area contributed by atoms with Crippen LogP contribution >= 0.6 is 0 Å². The molecular formula is C17H20FN3O2. The van der Waals surface area contributed by atoms with Gasteiger partial charge in [-0.25, -0.2) is 9.07 Å². The normalized spacial score (nSPS) is 17.4. The Labute approximate surface area is 134 Å². The highest BCUT2D eigenvalue weighted by atomic mass is 19.1. The maximum absolute atomic E-state index is 13.1. The molecule has 1 unspecified atom stereocenters. The zero-order valence-electron chi connectivity index (χ0n) is 13.1. The Morgan fingerprint density at radius 3 is 2.87 bits per heavy atom. The first-order valence-electron chi connectivity index (χ1n) is 7.87. The Kier molecular flexibility index (Phi) is 4.71. The van der Waals surface area contributed by atoms with Gasteiger partial charge in [0.2, 0.25) is 0 Å². The van der Waals surface area contributed by atoms with E-state index in [4.69, 9.17) is 4.74 Å². The molecule has 1 aromatic heterocycles. The van der Waals surface area contributed by atoms with Gasteiger partial charge >= 0.3 is 0 Å². The number of rotatable bonds is 5. The van der Waals surface area contributed by atoms with Crippen molar-refractivity contribution in [1.82, 2.24) is 15.1 Å². The Hall–Kier alpha value is -2.21. The number of halogens is 1. The van der Waals surface area contributed by atoms with Gasteiger partial charge in [-0.3, -0.25) is 4.79 Å². The van der Waals surface area contributed by atoms with E-state index in [0.717, 1.165) is 24.4 Å². The predicted octanol–water partition coefficient (Wildman–Crippen LogP) is 2.34. The van der Waals surface area contributed by atoms with Crippen molar-refractivity contribution in [3.05, 3.63) is 47.5 Å². The molecule has 23 heavy (non-hydrogen) atoms. The summed E-state index contributed by atoms with van der Waals surface area (Å²) >= 11 is 0. The highest BCUT2D eigenvalue weighted by Gasteiger charge is 2.20. The van der Waals surface area contributed by atoms with E-state index in [2.05, 4.69) is 10.4 Å². The largest absolute Gasteiger partial charge is 0.381 e. The molecular weight excluding hydrogens is 297 g/mol. The van der Waals surface area contributed by atoms with Crippen LogP contribution in [0.4, 0.5) is 4.39 Å². The fourth-order valence-electron chi connectivity index (χ4n) is 2.79. The number of ether oxygens (including phenoxy) is 1. The minimum absolute atomic E-state index is 0.123. The van der Waals surface area contributed by atoms with Gasteiger partial charge in [-0.15, -0.1) is 0 Å². The molecule has 0 radical (unpaired) electrons. The molecule has 5 nitrogen and oxygen atoms in total. The zero-order chi connectivity index (χ0) is 16.2. The van der Waals surface area contributed by atoms with Gasteiger partial charge in [0.25, 0.3) is 5.91 Å². The molecule has 1 fully saturated rings. The summed E-state index contributed by atoms with van der Waals surface area (Å²) in [6.45, 7) is 4.06. The molecule has 1 N–H and O–H groups in total. The summed E-state index contributed by atoms with van der Waals surface area (Å²) in [6, 6.07) is 6.07. The van der Waals surface area contributed by atoms with E-state index < -0.39 is 0 Å². The van der Waals surface area contributed by atoms with Crippen molar-refractivity contribution >= 4 is 5.91 Å². The number of benzene rings is 1. The van der Waals surface area contributed by atoms with Crippen LogP contribution in [0.2, 0.25) is 0 Å². The SMILES string of the molecule is CCc1c(C(=O)NCC2CCOC2)cnn1-c1ccc(F)cc1. The lowest BCUT2D eigenvalue weighted by Gasteiger charge is -2.10. The second-order valence-electron chi connectivity index (χ2n) is 5.69. The average Bonchev–Trinajstić information content (AvgIpc) is 3.22. The topological polar surface area (TPSA) is 56.1 Å². The van der Waals surface area contributed by atoms with Crippen LogP contribution in [0.5, 0.6) is 0 Å². The number of hydrogen-bond donors (Lipinski definition) is 1. The molecule has 6 heteroatoms. The first kappa shape index (κ1) is 15.7. The second-order valence-corrected chi connectivity index (χ2v) is 5.69. The summed E-state index contributed by atoms with van der Waals surface area (Å²) in [5.41, 5.74) is 2.12. The Balaban J connectivity index is 1.77. The summed E-state index contributed by atoms with van der Waals surface area (Å²) in [6.07, 6.45) is 3.21. The van der Waals surface area contributed by atoms with Crippen LogP contribution < -0.4 is 5.32 Å². The maximum Gasteiger partial charge on any atom is 0.254 e. The van der Waals surface area contributed by atoms with Crippen LogP contribution in [0.3, 0.4) is 0 Å². The molecule has 1 saturated heterocycles. The molecule has 0 bridgehead atoms. The van der Waals surface area contributed by atoms with E-state index in [-0.39, 0.29) is 11.7 Å². The quantitative estimate of drug-likeness (QED) is 0.921. The van der Waals surface area contributed by atoms with Crippen molar-refractivity contribution in [1.29, 1.82) is 0 Å². The maximum atomic E-state index is 13.1. The van der Waals surface area contributed by atoms with E-state index >= 15 is 0 Å². The van der Waals surface area contributed by atoms with E-state index in [1.54, 1.807) is 23.0 Å². The molecule has 0 aliphatic carbocycles. The fraction of sp³-hybridized carbons (Fsp3) is 0.412. The van der Waals surface area contributed by atoms with Crippen molar-refractivity contribution in [2.45, 2.75) is 19.8 Å². The molecule has 1 aliphatic rings. The van der Waals surface area contributed by atoms with Gasteiger partial charge in [0.1, 0.15) is 5.82 Å². The second kappa shape index (κ2) is 6.91. The molecule has 1 aromatic carbocycles. The van der Waals surface area contributed by atoms with Crippen molar-refractivity contribution < 1.29 is 13.9 Å². The molecule has 3 rings (SSSR count). The zero-order valence-corrected chi connectivity index (χ0v) is 13.1. The van der Waals surface area contributed by atoms with Crippen LogP contribution in [0.1, 0.15) is 29.4 Å². The van der Waals surface area contributed by atoms with Gasteiger partial charge in [-0.2, -0.15) is 5.10 Å². The summed E-state index contributed by atoms with van der Waals surface area (Å²) in [4.78, 5) is 12.4. The van der Waals surface area contributed by atoms with Gasteiger partial charge in [0.05, 0.1) is 29.7 Å². The molecule has 2 aromatic rings. The lowest BCUT2D eigenvalue weighted by molar-refractivity contribution is 0.0944. The van der Waals surface area contributed by atoms with Crippen molar-refractivity contribution in [2.75, 3.05) is 19.8 Å². The lowest BCUT2D eigenvalue weighted by Crippen LogP contribution is -2.30. The summed E-state index contributed by atoms with van der Waals surface area (Å²) in [5, 5.41) is 7.25. The van der Waals surface area contributed by atoms with Crippen LogP contribution in [0.15, 0.2) is 30.5 Å². The predicted molar refractivity (Wildman–Crippen MR) is 84.2 cm³/mol. The number of carbonyl (C=O) groups is 1. The first-order chi connectivity index (χ1) is 11.2. The van der Waals surface area contributed by atoms with Crippen LogP contribution in [-0.4, -0.2) is 35.4 Å². The number of aromatic nitrogens is 2. The van der Waals surface area contributed by atoms with E-state index in [1.165, 1.54) is 12.1 Å². The highest BCUT2D eigenvalue weighted by Crippen LogP contribution is 2.17. The number of nitrogens with one attached hydrogen (secondary N) is 1. The fourth-order valence-corrected chi connectivity index (χ4v) is 2.79.